The van der Waals surface area contributed by atoms with Gasteiger partial charge >= 0.3 is 5.97 Å². The van der Waals surface area contributed by atoms with Crippen LogP contribution in [0.3, 0.4) is 0 Å². The molecular weight excluding hydrogens is 218 g/mol. The van der Waals surface area contributed by atoms with Crippen molar-refractivity contribution in [2.45, 2.75) is 19.4 Å². The SMILES string of the molecule is COC(=O)CCCNCc1cc(C#N)n(C)c1. The number of rotatable bonds is 6. The molecule has 0 atom stereocenters. The summed E-state index contributed by atoms with van der Waals surface area (Å²) in [5.74, 6) is -0.182. The van der Waals surface area contributed by atoms with E-state index in [0.29, 0.717) is 18.7 Å². The van der Waals surface area contributed by atoms with Crippen molar-refractivity contribution >= 4 is 5.97 Å². The lowest BCUT2D eigenvalue weighted by molar-refractivity contribution is -0.140. The van der Waals surface area contributed by atoms with E-state index in [-0.39, 0.29) is 5.97 Å². The van der Waals surface area contributed by atoms with E-state index in [1.165, 1.54) is 7.11 Å². The summed E-state index contributed by atoms with van der Waals surface area (Å²) >= 11 is 0. The first kappa shape index (κ1) is 13.3. The van der Waals surface area contributed by atoms with Gasteiger partial charge in [0.1, 0.15) is 11.8 Å². The van der Waals surface area contributed by atoms with Crippen molar-refractivity contribution in [3.8, 4) is 6.07 Å². The molecule has 0 aliphatic carbocycles. The van der Waals surface area contributed by atoms with Crippen molar-refractivity contribution < 1.29 is 9.53 Å². The number of aromatic nitrogens is 1. The predicted octanol–water partition coefficient (Wildman–Crippen LogP) is 0.940. The molecule has 1 aromatic heterocycles. The summed E-state index contributed by atoms with van der Waals surface area (Å²) in [6, 6.07) is 3.97. The van der Waals surface area contributed by atoms with Crippen molar-refractivity contribution in [1.29, 1.82) is 5.26 Å². The molecule has 0 saturated carbocycles. The van der Waals surface area contributed by atoms with Crippen LogP contribution in [0.2, 0.25) is 0 Å². The minimum atomic E-state index is -0.182. The van der Waals surface area contributed by atoms with Gasteiger partial charge in [0, 0.05) is 26.2 Å². The number of carbonyl (C=O) groups is 1. The molecule has 0 saturated heterocycles. The van der Waals surface area contributed by atoms with Crippen molar-refractivity contribution in [1.82, 2.24) is 9.88 Å². The molecule has 5 heteroatoms. The smallest absolute Gasteiger partial charge is 0.305 e. The highest BCUT2D eigenvalue weighted by Gasteiger charge is 2.02. The zero-order chi connectivity index (χ0) is 12.7. The number of nitriles is 1. The van der Waals surface area contributed by atoms with Gasteiger partial charge in [0.25, 0.3) is 0 Å². The number of nitrogens with zero attached hydrogens (tertiary/aromatic N) is 2. The molecular formula is C12H17N3O2. The third-order valence-corrected chi connectivity index (χ3v) is 2.47. The molecule has 0 aromatic carbocycles. The van der Waals surface area contributed by atoms with Gasteiger partial charge in [0.15, 0.2) is 0 Å². The van der Waals surface area contributed by atoms with Gasteiger partial charge in [-0.2, -0.15) is 5.26 Å². The highest BCUT2D eigenvalue weighted by Crippen LogP contribution is 2.05. The molecule has 1 heterocycles. The number of methoxy groups -OCH3 is 1. The summed E-state index contributed by atoms with van der Waals surface area (Å²) < 4.78 is 6.34. The Kier molecular flexibility index (Phi) is 5.24. The van der Waals surface area contributed by atoms with Crippen LogP contribution in [0, 0.1) is 11.3 Å². The largest absolute Gasteiger partial charge is 0.469 e. The van der Waals surface area contributed by atoms with E-state index in [1.54, 1.807) is 4.57 Å². The summed E-state index contributed by atoms with van der Waals surface area (Å²) in [4.78, 5) is 10.8. The lowest BCUT2D eigenvalue weighted by Crippen LogP contribution is -2.15. The van der Waals surface area contributed by atoms with Crippen LogP contribution in [0.15, 0.2) is 12.3 Å². The van der Waals surface area contributed by atoms with Gasteiger partial charge in [-0.3, -0.25) is 4.79 Å². The molecule has 0 bridgehead atoms. The van der Waals surface area contributed by atoms with Crippen LogP contribution in [-0.4, -0.2) is 24.2 Å². The van der Waals surface area contributed by atoms with E-state index < -0.39 is 0 Å². The summed E-state index contributed by atoms with van der Waals surface area (Å²) in [5, 5.41) is 12.0. The molecule has 0 amide bonds. The van der Waals surface area contributed by atoms with Gasteiger partial charge in [-0.1, -0.05) is 0 Å². The minimum absolute atomic E-state index is 0.182. The summed E-state index contributed by atoms with van der Waals surface area (Å²) in [6.45, 7) is 1.46. The highest BCUT2D eigenvalue weighted by atomic mass is 16.5. The van der Waals surface area contributed by atoms with Crippen LogP contribution in [0.5, 0.6) is 0 Å². The molecule has 17 heavy (non-hydrogen) atoms. The zero-order valence-corrected chi connectivity index (χ0v) is 10.2. The van der Waals surface area contributed by atoms with Gasteiger partial charge in [0.2, 0.25) is 0 Å². The van der Waals surface area contributed by atoms with Gasteiger partial charge in [-0.25, -0.2) is 0 Å². The average Bonchev–Trinajstić information content (AvgIpc) is 2.69. The molecule has 0 aliphatic heterocycles. The first-order valence-electron chi connectivity index (χ1n) is 5.50. The molecule has 0 unspecified atom stereocenters. The van der Waals surface area contributed by atoms with Crippen LogP contribution in [-0.2, 0) is 23.1 Å². The predicted molar refractivity (Wildman–Crippen MR) is 63.1 cm³/mol. The second-order valence-corrected chi connectivity index (χ2v) is 3.81. The normalized spacial score (nSPS) is 9.94. The Bertz CT molecular complexity index is 418. The van der Waals surface area contributed by atoms with Crippen LogP contribution in [0.1, 0.15) is 24.1 Å². The Hall–Kier alpha value is -1.80. The van der Waals surface area contributed by atoms with E-state index >= 15 is 0 Å². The van der Waals surface area contributed by atoms with Crippen molar-refractivity contribution in [3.63, 3.8) is 0 Å². The number of esters is 1. The first-order chi connectivity index (χ1) is 8.17. The standard InChI is InChI=1S/C12H17N3O2/c1-15-9-10(6-11(15)7-13)8-14-5-3-4-12(16)17-2/h6,9,14H,3-5,8H2,1-2H3. The van der Waals surface area contributed by atoms with E-state index in [0.717, 1.165) is 18.5 Å². The third kappa shape index (κ3) is 4.29. The quantitative estimate of drug-likeness (QED) is 0.588. The van der Waals surface area contributed by atoms with Crippen LogP contribution in [0.25, 0.3) is 0 Å². The number of ether oxygens (including phenoxy) is 1. The molecule has 92 valence electrons. The van der Waals surface area contributed by atoms with Crippen molar-refractivity contribution in [2.75, 3.05) is 13.7 Å². The monoisotopic (exact) mass is 235 g/mol. The molecule has 1 aromatic rings. The van der Waals surface area contributed by atoms with Gasteiger partial charge in [-0.15, -0.1) is 0 Å². The molecule has 5 nitrogen and oxygen atoms in total. The lowest BCUT2D eigenvalue weighted by Gasteiger charge is -2.02. The second kappa shape index (κ2) is 6.71. The van der Waals surface area contributed by atoms with Crippen molar-refractivity contribution in [3.05, 3.63) is 23.5 Å². The number of carbonyl (C=O) groups excluding carboxylic acids is 1. The van der Waals surface area contributed by atoms with Gasteiger partial charge in [-0.05, 0) is 24.6 Å². The van der Waals surface area contributed by atoms with Gasteiger partial charge in [0.05, 0.1) is 7.11 Å². The molecule has 0 spiro atoms. The Morgan fingerprint density at radius 2 is 2.41 bits per heavy atom. The van der Waals surface area contributed by atoms with E-state index in [1.807, 2.05) is 19.3 Å². The third-order valence-electron chi connectivity index (χ3n) is 2.47. The number of nitrogens with one attached hydrogen (secondary N) is 1. The Morgan fingerprint density at radius 3 is 3.00 bits per heavy atom. The fourth-order valence-electron chi connectivity index (χ4n) is 1.53. The minimum Gasteiger partial charge on any atom is -0.469 e. The van der Waals surface area contributed by atoms with Crippen LogP contribution < -0.4 is 5.32 Å². The molecule has 1 rings (SSSR count). The fraction of sp³-hybridized carbons (Fsp3) is 0.500. The molecule has 1 N–H and O–H groups in total. The summed E-state index contributed by atoms with van der Waals surface area (Å²) in [6.07, 6.45) is 3.11. The Labute approximate surface area is 101 Å². The van der Waals surface area contributed by atoms with E-state index in [9.17, 15) is 4.79 Å². The van der Waals surface area contributed by atoms with E-state index in [2.05, 4.69) is 16.1 Å². The lowest BCUT2D eigenvalue weighted by atomic mass is 10.3. The van der Waals surface area contributed by atoms with Crippen molar-refractivity contribution in [2.24, 2.45) is 7.05 Å². The number of aryl methyl sites for hydroxylation is 1. The second-order valence-electron chi connectivity index (χ2n) is 3.81. The average molecular weight is 235 g/mol. The first-order valence-corrected chi connectivity index (χ1v) is 5.50. The maximum atomic E-state index is 10.8. The number of hydrogen-bond acceptors (Lipinski definition) is 4. The van der Waals surface area contributed by atoms with E-state index in [4.69, 9.17) is 5.26 Å². The maximum Gasteiger partial charge on any atom is 0.305 e. The maximum absolute atomic E-state index is 10.8. The molecule has 0 radical (unpaired) electrons. The van der Waals surface area contributed by atoms with Gasteiger partial charge < -0.3 is 14.6 Å². The van der Waals surface area contributed by atoms with Crippen LogP contribution >= 0.6 is 0 Å². The number of hydrogen-bond donors (Lipinski definition) is 1. The molecule has 0 aliphatic rings. The topological polar surface area (TPSA) is 67.0 Å². The fourth-order valence-corrected chi connectivity index (χ4v) is 1.53. The summed E-state index contributed by atoms with van der Waals surface area (Å²) in [7, 11) is 3.24. The van der Waals surface area contributed by atoms with Crippen LogP contribution in [0.4, 0.5) is 0 Å². The highest BCUT2D eigenvalue weighted by molar-refractivity contribution is 5.69. The zero-order valence-electron chi connectivity index (χ0n) is 10.2. The molecule has 0 fully saturated rings. The Morgan fingerprint density at radius 1 is 1.65 bits per heavy atom. The summed E-state index contributed by atoms with van der Waals surface area (Å²) in [5.41, 5.74) is 1.72. The Balaban J connectivity index is 2.23.